The summed E-state index contributed by atoms with van der Waals surface area (Å²) in [7, 11) is 0. The number of halogens is 1. The Morgan fingerprint density at radius 2 is 2.04 bits per heavy atom. The minimum absolute atomic E-state index is 0.00275. The van der Waals surface area contributed by atoms with Gasteiger partial charge < -0.3 is 14.2 Å². The summed E-state index contributed by atoms with van der Waals surface area (Å²) in [5.74, 6) is 2.88. The zero-order chi connectivity index (χ0) is 17.6. The van der Waals surface area contributed by atoms with E-state index in [4.69, 9.17) is 14.2 Å². The van der Waals surface area contributed by atoms with E-state index >= 15 is 0 Å². The van der Waals surface area contributed by atoms with Crippen LogP contribution in [0, 0.1) is 0 Å². The molecule has 0 saturated carbocycles. The molecule has 4 heteroatoms. The van der Waals surface area contributed by atoms with E-state index in [-0.39, 0.29) is 18.5 Å². The van der Waals surface area contributed by atoms with Gasteiger partial charge in [-0.2, -0.15) is 0 Å². The van der Waals surface area contributed by atoms with Crippen LogP contribution in [-0.4, -0.2) is 12.7 Å². The Bertz CT molecular complexity index is 817. The molecule has 3 aliphatic heterocycles. The van der Waals surface area contributed by atoms with Crippen LogP contribution in [0.5, 0.6) is 17.2 Å². The van der Waals surface area contributed by atoms with Crippen molar-refractivity contribution in [1.29, 1.82) is 0 Å². The molecule has 3 aliphatic rings. The Morgan fingerprint density at radius 3 is 2.80 bits per heavy atom. The monoisotopic (exact) mass is 342 g/mol. The van der Waals surface area contributed by atoms with Crippen LogP contribution >= 0.6 is 0 Å². The molecule has 0 saturated heterocycles. The fourth-order valence-corrected chi connectivity index (χ4v) is 3.78. The van der Waals surface area contributed by atoms with Gasteiger partial charge in [0.25, 0.3) is 0 Å². The van der Waals surface area contributed by atoms with Crippen molar-refractivity contribution in [3.05, 3.63) is 40.4 Å². The molecule has 0 fully saturated rings. The van der Waals surface area contributed by atoms with Gasteiger partial charge in [-0.3, -0.25) is 0 Å². The third-order valence-corrected chi connectivity index (χ3v) is 4.99. The first-order chi connectivity index (χ1) is 12.1. The maximum Gasteiger partial charge on any atom is 0.145 e. The van der Waals surface area contributed by atoms with Crippen LogP contribution < -0.4 is 14.2 Å². The normalized spacial score (nSPS) is 20.6. The summed E-state index contributed by atoms with van der Waals surface area (Å²) in [5.41, 5.74) is 3.36. The number of rotatable bonds is 3. The van der Waals surface area contributed by atoms with E-state index in [0.29, 0.717) is 17.7 Å². The minimum Gasteiger partial charge on any atom is -0.485 e. The van der Waals surface area contributed by atoms with Crippen molar-refractivity contribution in [3.8, 4) is 17.2 Å². The fourth-order valence-electron chi connectivity index (χ4n) is 3.78. The molecule has 3 nitrogen and oxygen atoms in total. The van der Waals surface area contributed by atoms with Gasteiger partial charge >= 0.3 is 0 Å². The lowest BCUT2D eigenvalue weighted by molar-refractivity contribution is 0.227. The molecule has 0 N–H and O–H groups in total. The average Bonchev–Trinajstić information content (AvgIpc) is 2.62. The Balaban J connectivity index is 1.97. The van der Waals surface area contributed by atoms with Gasteiger partial charge in [-0.05, 0) is 38.0 Å². The molecule has 1 aromatic rings. The van der Waals surface area contributed by atoms with E-state index in [0.717, 1.165) is 53.2 Å². The van der Waals surface area contributed by atoms with Crippen LogP contribution in [-0.2, 0) is 6.42 Å². The Kier molecular flexibility index (Phi) is 4.06. The van der Waals surface area contributed by atoms with Crippen molar-refractivity contribution < 1.29 is 18.6 Å². The molecule has 132 valence electrons. The second kappa shape index (κ2) is 6.25. The quantitative estimate of drug-likeness (QED) is 0.717. The topological polar surface area (TPSA) is 27.7 Å². The number of allylic oxidation sites excluding steroid dienone is 3. The van der Waals surface area contributed by atoms with Gasteiger partial charge in [0.1, 0.15) is 35.8 Å². The molecule has 0 radical (unpaired) electrons. The lowest BCUT2D eigenvalue weighted by atomic mass is 9.89. The van der Waals surface area contributed by atoms with Gasteiger partial charge in [-0.25, -0.2) is 4.39 Å². The molecule has 0 amide bonds. The van der Waals surface area contributed by atoms with Crippen LogP contribution in [0.1, 0.15) is 56.7 Å². The highest BCUT2D eigenvalue weighted by Crippen LogP contribution is 2.53. The van der Waals surface area contributed by atoms with Gasteiger partial charge in [0.05, 0.1) is 16.9 Å². The van der Waals surface area contributed by atoms with E-state index in [1.54, 1.807) is 0 Å². The second-order valence-electron chi connectivity index (χ2n) is 6.71. The van der Waals surface area contributed by atoms with Crippen LogP contribution in [0.15, 0.2) is 23.7 Å². The molecule has 0 aromatic heterocycles. The predicted molar refractivity (Wildman–Crippen MR) is 96.7 cm³/mol. The van der Waals surface area contributed by atoms with Crippen molar-refractivity contribution in [1.82, 2.24) is 0 Å². The summed E-state index contributed by atoms with van der Waals surface area (Å²) in [6, 6.07) is 0. The Labute approximate surface area is 147 Å². The Hall–Kier alpha value is -2.23. The Morgan fingerprint density at radius 1 is 1.20 bits per heavy atom. The third kappa shape index (κ3) is 2.55. The first kappa shape index (κ1) is 16.2. The summed E-state index contributed by atoms with van der Waals surface area (Å²) in [6.45, 7) is 6.03. The van der Waals surface area contributed by atoms with Crippen LogP contribution in [0.25, 0.3) is 11.6 Å². The van der Waals surface area contributed by atoms with Gasteiger partial charge in [0, 0.05) is 17.6 Å². The molecule has 1 atom stereocenters. The molecule has 4 rings (SSSR count). The molecule has 1 unspecified atom stereocenters. The van der Waals surface area contributed by atoms with Crippen molar-refractivity contribution >= 4 is 11.6 Å². The summed E-state index contributed by atoms with van der Waals surface area (Å²) >= 11 is 0. The van der Waals surface area contributed by atoms with Gasteiger partial charge in [0.15, 0.2) is 0 Å². The van der Waals surface area contributed by atoms with E-state index in [1.807, 2.05) is 19.9 Å². The van der Waals surface area contributed by atoms with E-state index in [9.17, 15) is 4.39 Å². The van der Waals surface area contributed by atoms with Gasteiger partial charge in [0.2, 0.25) is 0 Å². The summed E-state index contributed by atoms with van der Waals surface area (Å²) in [4.78, 5) is 0. The average molecular weight is 342 g/mol. The maximum atomic E-state index is 14.5. The minimum atomic E-state index is -0.203. The van der Waals surface area contributed by atoms with Gasteiger partial charge in [-0.15, -0.1) is 0 Å². The molecule has 1 aromatic carbocycles. The highest BCUT2D eigenvalue weighted by atomic mass is 19.1. The second-order valence-corrected chi connectivity index (χ2v) is 6.71. The number of ether oxygens (including phenoxy) is 3. The number of hydrogen-bond donors (Lipinski definition) is 0. The molecule has 25 heavy (non-hydrogen) atoms. The highest BCUT2D eigenvalue weighted by Gasteiger charge is 2.34. The maximum absolute atomic E-state index is 14.5. The fraction of sp³-hybridized carbons (Fsp3) is 0.429. The first-order valence-electron chi connectivity index (χ1n) is 9.07. The third-order valence-electron chi connectivity index (χ3n) is 4.99. The van der Waals surface area contributed by atoms with E-state index < -0.39 is 0 Å². The summed E-state index contributed by atoms with van der Waals surface area (Å²) < 4.78 is 32.6. The predicted octanol–water partition coefficient (Wildman–Crippen LogP) is 5.58. The number of fused-ring (bicyclic) bond motifs is 6. The first-order valence-corrected chi connectivity index (χ1v) is 9.07. The van der Waals surface area contributed by atoms with Crippen molar-refractivity contribution in [2.75, 3.05) is 6.61 Å². The molecule has 0 bridgehead atoms. The summed E-state index contributed by atoms with van der Waals surface area (Å²) in [5, 5.41) is 0. The standard InChI is InChI=1S/C21H23FO3/c1-4-6-13-8-10-16-19-15(9-7-12(3)24-19)20-18(21(16)25-13)14(5-2)17(22)11-23-20/h7-8,10,13H,4-6,9,11H2,1-3H3. The molecule has 3 heterocycles. The highest BCUT2D eigenvalue weighted by molar-refractivity contribution is 5.87. The molecule has 0 spiro atoms. The van der Waals surface area contributed by atoms with Crippen LogP contribution in [0.2, 0.25) is 0 Å². The lowest BCUT2D eigenvalue weighted by Crippen LogP contribution is -2.22. The van der Waals surface area contributed by atoms with Crippen molar-refractivity contribution in [2.24, 2.45) is 0 Å². The molecular weight excluding hydrogens is 319 g/mol. The van der Waals surface area contributed by atoms with E-state index in [1.165, 1.54) is 0 Å². The SMILES string of the molecule is CCCC1C=Cc2c3c(c4c(c2O1)C(CC)=C(F)CO4)CC=C(C)O3. The van der Waals surface area contributed by atoms with Gasteiger partial charge in [-0.1, -0.05) is 20.3 Å². The van der Waals surface area contributed by atoms with Crippen LogP contribution in [0.3, 0.4) is 0 Å². The zero-order valence-electron chi connectivity index (χ0n) is 14.9. The lowest BCUT2D eigenvalue weighted by Gasteiger charge is -2.32. The number of benzene rings is 1. The number of hydrogen-bond acceptors (Lipinski definition) is 3. The smallest absolute Gasteiger partial charge is 0.145 e. The largest absolute Gasteiger partial charge is 0.485 e. The molecule has 0 aliphatic carbocycles. The van der Waals surface area contributed by atoms with Crippen molar-refractivity contribution in [2.45, 2.75) is 52.6 Å². The van der Waals surface area contributed by atoms with Crippen LogP contribution in [0.4, 0.5) is 4.39 Å². The van der Waals surface area contributed by atoms with Crippen molar-refractivity contribution in [3.63, 3.8) is 0 Å². The summed E-state index contributed by atoms with van der Waals surface area (Å²) in [6.07, 6.45) is 9.46. The van der Waals surface area contributed by atoms with E-state index in [2.05, 4.69) is 19.1 Å². The molecular formula is C21H23FO3. The zero-order valence-corrected chi connectivity index (χ0v) is 14.9.